The summed E-state index contributed by atoms with van der Waals surface area (Å²) in [6, 6.07) is 16.4. The molecule has 0 atom stereocenters. The fourth-order valence-corrected chi connectivity index (χ4v) is 2.56. The molecule has 7 heteroatoms. The van der Waals surface area contributed by atoms with Crippen LogP contribution in [-0.2, 0) is 11.3 Å². The molecule has 0 aliphatic rings. The molecule has 0 aliphatic carbocycles. The Bertz CT molecular complexity index is 1110. The van der Waals surface area contributed by atoms with Crippen LogP contribution in [0.2, 0.25) is 0 Å². The van der Waals surface area contributed by atoms with Gasteiger partial charge in [0.2, 0.25) is 0 Å². The number of methoxy groups -OCH3 is 1. The fraction of sp³-hybridized carbons (Fsp3) is 0.100. The molecule has 0 bridgehead atoms. The molecule has 0 saturated carbocycles. The van der Waals surface area contributed by atoms with Crippen molar-refractivity contribution in [3.63, 3.8) is 0 Å². The first-order valence-corrected chi connectivity index (χ1v) is 8.22. The number of para-hydroxylation sites is 2. The SMILES string of the molecule is COc1cccc(-c2cc(COC(=O)c3cnc4ccccc4n3)no2)c1. The molecule has 0 aliphatic heterocycles. The van der Waals surface area contributed by atoms with Crippen LogP contribution in [0.5, 0.6) is 5.75 Å². The lowest BCUT2D eigenvalue weighted by Crippen LogP contribution is -2.08. The van der Waals surface area contributed by atoms with Crippen LogP contribution in [0.15, 0.2) is 65.3 Å². The summed E-state index contributed by atoms with van der Waals surface area (Å²) in [5.41, 5.74) is 2.81. The minimum atomic E-state index is -0.570. The molecule has 134 valence electrons. The van der Waals surface area contributed by atoms with Gasteiger partial charge in [0.05, 0.1) is 24.3 Å². The largest absolute Gasteiger partial charge is 0.497 e. The van der Waals surface area contributed by atoms with Gasteiger partial charge in [-0.05, 0) is 24.3 Å². The van der Waals surface area contributed by atoms with E-state index >= 15 is 0 Å². The number of carbonyl (C=O) groups is 1. The van der Waals surface area contributed by atoms with Gasteiger partial charge in [-0.1, -0.05) is 29.4 Å². The van der Waals surface area contributed by atoms with Crippen LogP contribution in [0.4, 0.5) is 0 Å². The molecular weight excluding hydrogens is 346 g/mol. The topological polar surface area (TPSA) is 87.3 Å². The first-order chi connectivity index (χ1) is 13.2. The van der Waals surface area contributed by atoms with Crippen molar-refractivity contribution in [2.75, 3.05) is 7.11 Å². The molecule has 2 aromatic heterocycles. The highest BCUT2D eigenvalue weighted by molar-refractivity contribution is 5.89. The standard InChI is InChI=1S/C20H15N3O4/c1-25-15-6-4-5-13(9-15)19-10-14(23-27-19)12-26-20(24)18-11-21-16-7-2-3-8-17(16)22-18/h2-11H,12H2,1H3. The average Bonchev–Trinajstić information content (AvgIpc) is 3.21. The summed E-state index contributed by atoms with van der Waals surface area (Å²) in [7, 11) is 1.60. The second-order valence-corrected chi connectivity index (χ2v) is 5.73. The molecular formula is C20H15N3O4. The number of nitrogens with zero attached hydrogens (tertiary/aromatic N) is 3. The van der Waals surface area contributed by atoms with E-state index in [-0.39, 0.29) is 12.3 Å². The van der Waals surface area contributed by atoms with Gasteiger partial charge >= 0.3 is 5.97 Å². The Labute approximate surface area is 154 Å². The van der Waals surface area contributed by atoms with Gasteiger partial charge in [0.15, 0.2) is 11.5 Å². The van der Waals surface area contributed by atoms with E-state index in [0.717, 1.165) is 5.56 Å². The van der Waals surface area contributed by atoms with Crippen molar-refractivity contribution in [2.45, 2.75) is 6.61 Å². The predicted molar refractivity (Wildman–Crippen MR) is 97.1 cm³/mol. The Morgan fingerprint density at radius 3 is 2.78 bits per heavy atom. The number of fused-ring (bicyclic) bond motifs is 1. The number of rotatable bonds is 5. The van der Waals surface area contributed by atoms with E-state index < -0.39 is 5.97 Å². The van der Waals surface area contributed by atoms with E-state index in [1.54, 1.807) is 19.2 Å². The van der Waals surface area contributed by atoms with E-state index in [2.05, 4.69) is 15.1 Å². The fourth-order valence-electron chi connectivity index (χ4n) is 2.56. The first-order valence-electron chi connectivity index (χ1n) is 8.22. The van der Waals surface area contributed by atoms with E-state index in [1.165, 1.54) is 6.20 Å². The summed E-state index contributed by atoms with van der Waals surface area (Å²) in [4.78, 5) is 20.7. The molecule has 0 unspecified atom stereocenters. The third kappa shape index (κ3) is 3.62. The Morgan fingerprint density at radius 1 is 1.07 bits per heavy atom. The number of ether oxygens (including phenoxy) is 2. The highest BCUT2D eigenvalue weighted by Gasteiger charge is 2.13. The van der Waals surface area contributed by atoms with Gasteiger partial charge in [0.1, 0.15) is 18.1 Å². The zero-order chi connectivity index (χ0) is 18.6. The Morgan fingerprint density at radius 2 is 1.93 bits per heavy atom. The van der Waals surface area contributed by atoms with Crippen molar-refractivity contribution in [2.24, 2.45) is 0 Å². The van der Waals surface area contributed by atoms with Gasteiger partial charge in [0, 0.05) is 11.6 Å². The summed E-state index contributed by atoms with van der Waals surface area (Å²) in [5, 5.41) is 3.93. The van der Waals surface area contributed by atoms with Gasteiger partial charge in [-0.2, -0.15) is 0 Å². The van der Waals surface area contributed by atoms with Gasteiger partial charge in [-0.25, -0.2) is 9.78 Å². The van der Waals surface area contributed by atoms with Gasteiger partial charge in [0.25, 0.3) is 0 Å². The number of carbonyl (C=O) groups excluding carboxylic acids is 1. The van der Waals surface area contributed by atoms with Gasteiger partial charge in [-0.3, -0.25) is 4.98 Å². The second kappa shape index (κ2) is 7.25. The second-order valence-electron chi connectivity index (χ2n) is 5.73. The summed E-state index contributed by atoms with van der Waals surface area (Å²) < 4.78 is 15.8. The Hall–Kier alpha value is -3.74. The van der Waals surface area contributed by atoms with Crippen LogP contribution in [-0.4, -0.2) is 28.2 Å². The summed E-state index contributed by atoms with van der Waals surface area (Å²) in [6.07, 6.45) is 1.40. The molecule has 2 aromatic carbocycles. The van der Waals surface area contributed by atoms with Crippen molar-refractivity contribution in [1.82, 2.24) is 15.1 Å². The van der Waals surface area contributed by atoms with Crippen molar-refractivity contribution in [1.29, 1.82) is 0 Å². The summed E-state index contributed by atoms with van der Waals surface area (Å²) >= 11 is 0. The molecule has 0 fully saturated rings. The zero-order valence-corrected chi connectivity index (χ0v) is 14.5. The number of benzene rings is 2. The number of hydrogen-bond donors (Lipinski definition) is 0. The molecule has 0 saturated heterocycles. The van der Waals surface area contributed by atoms with E-state index in [4.69, 9.17) is 14.0 Å². The van der Waals surface area contributed by atoms with Crippen molar-refractivity contribution in [3.05, 3.63) is 72.2 Å². The molecule has 4 aromatic rings. The van der Waals surface area contributed by atoms with Crippen molar-refractivity contribution in [3.8, 4) is 17.1 Å². The lowest BCUT2D eigenvalue weighted by molar-refractivity contribution is 0.0457. The minimum Gasteiger partial charge on any atom is -0.497 e. The number of esters is 1. The monoisotopic (exact) mass is 361 g/mol. The molecule has 0 radical (unpaired) electrons. The van der Waals surface area contributed by atoms with E-state index in [1.807, 2.05) is 42.5 Å². The third-order valence-electron chi connectivity index (χ3n) is 3.92. The van der Waals surface area contributed by atoms with Crippen LogP contribution in [0.1, 0.15) is 16.2 Å². The lowest BCUT2D eigenvalue weighted by atomic mass is 10.1. The Balaban J connectivity index is 1.45. The molecule has 0 spiro atoms. The quantitative estimate of drug-likeness (QED) is 0.501. The average molecular weight is 361 g/mol. The van der Waals surface area contributed by atoms with Crippen LogP contribution in [0.25, 0.3) is 22.4 Å². The lowest BCUT2D eigenvalue weighted by Gasteiger charge is -2.02. The molecule has 0 N–H and O–H groups in total. The van der Waals surface area contributed by atoms with Gasteiger partial charge < -0.3 is 14.0 Å². The minimum absolute atomic E-state index is 0.0270. The Kier molecular flexibility index (Phi) is 4.49. The summed E-state index contributed by atoms with van der Waals surface area (Å²) in [6.45, 7) is -0.0270. The van der Waals surface area contributed by atoms with Crippen LogP contribution >= 0.6 is 0 Å². The maximum Gasteiger partial charge on any atom is 0.358 e. The van der Waals surface area contributed by atoms with Crippen LogP contribution < -0.4 is 4.74 Å². The van der Waals surface area contributed by atoms with E-state index in [9.17, 15) is 4.79 Å². The number of hydrogen-bond acceptors (Lipinski definition) is 7. The molecule has 2 heterocycles. The highest BCUT2D eigenvalue weighted by atomic mass is 16.5. The molecule has 7 nitrogen and oxygen atoms in total. The predicted octanol–water partition coefficient (Wildman–Crippen LogP) is 3.65. The van der Waals surface area contributed by atoms with E-state index in [0.29, 0.717) is 28.2 Å². The van der Waals surface area contributed by atoms with Crippen LogP contribution in [0, 0.1) is 0 Å². The summed E-state index contributed by atoms with van der Waals surface area (Å²) in [5.74, 6) is 0.705. The van der Waals surface area contributed by atoms with Crippen molar-refractivity contribution >= 4 is 17.0 Å². The van der Waals surface area contributed by atoms with Crippen LogP contribution in [0.3, 0.4) is 0 Å². The maximum atomic E-state index is 12.2. The third-order valence-corrected chi connectivity index (χ3v) is 3.92. The smallest absolute Gasteiger partial charge is 0.358 e. The maximum absolute atomic E-state index is 12.2. The normalized spacial score (nSPS) is 10.7. The zero-order valence-electron chi connectivity index (χ0n) is 14.5. The molecule has 0 amide bonds. The van der Waals surface area contributed by atoms with Gasteiger partial charge in [-0.15, -0.1) is 0 Å². The highest BCUT2D eigenvalue weighted by Crippen LogP contribution is 2.24. The first kappa shape index (κ1) is 16.7. The number of aromatic nitrogens is 3. The molecule has 4 rings (SSSR count). The van der Waals surface area contributed by atoms with Crippen molar-refractivity contribution < 1.29 is 18.8 Å². The molecule has 27 heavy (non-hydrogen) atoms.